The Balaban J connectivity index is 2.37. The Morgan fingerprint density at radius 1 is 1.24 bits per heavy atom. The van der Waals surface area contributed by atoms with E-state index in [-0.39, 0.29) is 11.9 Å². The zero-order valence-corrected chi connectivity index (χ0v) is 11.0. The minimum absolute atomic E-state index is 0.00944. The fourth-order valence-electron chi connectivity index (χ4n) is 1.34. The summed E-state index contributed by atoms with van der Waals surface area (Å²) in [5.41, 5.74) is 0.782. The van der Waals surface area contributed by atoms with Crippen LogP contribution in [-0.2, 0) is 20.5 Å². The van der Waals surface area contributed by atoms with Crippen LogP contribution < -0.4 is 4.72 Å². The van der Waals surface area contributed by atoms with Crippen molar-refractivity contribution in [2.24, 2.45) is 0 Å². The second-order valence-corrected chi connectivity index (χ2v) is 5.87. The molecule has 0 unspecified atom stereocenters. The van der Waals surface area contributed by atoms with E-state index in [0.29, 0.717) is 13.2 Å². The standard InChI is InChI=1S/C12H19NO3S/c1-11(2)16-9-8-13-17(14,15)10-12-6-4-3-5-7-12/h3-7,11,13H,8-10H2,1-2H3. The number of hydrogen-bond donors (Lipinski definition) is 1. The average Bonchev–Trinajstić information content (AvgIpc) is 2.25. The molecule has 0 aliphatic carbocycles. The second-order valence-electron chi connectivity index (χ2n) is 4.06. The van der Waals surface area contributed by atoms with Crippen molar-refractivity contribution in [2.45, 2.75) is 25.7 Å². The Hall–Kier alpha value is -0.910. The minimum atomic E-state index is -3.26. The Morgan fingerprint density at radius 2 is 1.88 bits per heavy atom. The molecule has 0 atom stereocenters. The molecule has 0 heterocycles. The van der Waals surface area contributed by atoms with E-state index in [4.69, 9.17) is 4.74 Å². The van der Waals surface area contributed by atoms with Gasteiger partial charge in [-0.25, -0.2) is 13.1 Å². The Kier molecular flexibility index (Phi) is 5.61. The Morgan fingerprint density at radius 3 is 2.47 bits per heavy atom. The van der Waals surface area contributed by atoms with Crippen LogP contribution >= 0.6 is 0 Å². The van der Waals surface area contributed by atoms with Gasteiger partial charge in [0.25, 0.3) is 0 Å². The maximum atomic E-state index is 11.7. The van der Waals surface area contributed by atoms with Crippen LogP contribution in [0.5, 0.6) is 0 Å². The first kappa shape index (κ1) is 14.2. The minimum Gasteiger partial charge on any atom is -0.377 e. The predicted octanol–water partition coefficient (Wildman–Crippen LogP) is 1.53. The van der Waals surface area contributed by atoms with E-state index in [1.165, 1.54) is 0 Å². The number of nitrogens with one attached hydrogen (secondary N) is 1. The van der Waals surface area contributed by atoms with Crippen molar-refractivity contribution in [2.75, 3.05) is 13.2 Å². The summed E-state index contributed by atoms with van der Waals surface area (Å²) in [7, 11) is -3.26. The van der Waals surface area contributed by atoms with Crippen molar-refractivity contribution in [3.05, 3.63) is 35.9 Å². The molecule has 4 nitrogen and oxygen atoms in total. The zero-order valence-electron chi connectivity index (χ0n) is 10.2. The largest absolute Gasteiger partial charge is 0.377 e. The first-order valence-corrected chi connectivity index (χ1v) is 7.28. The molecule has 0 spiro atoms. The lowest BCUT2D eigenvalue weighted by atomic mass is 10.2. The third kappa shape index (κ3) is 6.41. The molecule has 1 N–H and O–H groups in total. The molecule has 0 aliphatic heterocycles. The van der Waals surface area contributed by atoms with Gasteiger partial charge in [0.05, 0.1) is 18.5 Å². The van der Waals surface area contributed by atoms with Crippen LogP contribution in [0.1, 0.15) is 19.4 Å². The maximum Gasteiger partial charge on any atom is 0.215 e. The summed E-state index contributed by atoms with van der Waals surface area (Å²) >= 11 is 0. The van der Waals surface area contributed by atoms with Crippen molar-refractivity contribution in [3.63, 3.8) is 0 Å². The van der Waals surface area contributed by atoms with Crippen molar-refractivity contribution in [1.29, 1.82) is 0 Å². The molecule has 1 aromatic rings. The molecule has 0 bridgehead atoms. The fraction of sp³-hybridized carbons (Fsp3) is 0.500. The fourth-order valence-corrected chi connectivity index (χ4v) is 2.46. The van der Waals surface area contributed by atoms with Crippen LogP contribution in [0.15, 0.2) is 30.3 Å². The Labute approximate surface area is 103 Å². The number of hydrogen-bond acceptors (Lipinski definition) is 3. The highest BCUT2D eigenvalue weighted by Crippen LogP contribution is 2.03. The molecule has 1 aromatic carbocycles. The Bertz CT molecular complexity index is 415. The molecular formula is C12H19NO3S. The van der Waals surface area contributed by atoms with E-state index < -0.39 is 10.0 Å². The van der Waals surface area contributed by atoms with Gasteiger partial charge in [0.1, 0.15) is 0 Å². The average molecular weight is 257 g/mol. The van der Waals surface area contributed by atoms with E-state index in [9.17, 15) is 8.42 Å². The van der Waals surface area contributed by atoms with Crippen molar-refractivity contribution in [3.8, 4) is 0 Å². The molecule has 0 radical (unpaired) electrons. The highest BCUT2D eigenvalue weighted by atomic mass is 32.2. The van der Waals surface area contributed by atoms with Gasteiger partial charge in [0, 0.05) is 6.54 Å². The zero-order chi connectivity index (χ0) is 12.7. The van der Waals surface area contributed by atoms with Crippen molar-refractivity contribution < 1.29 is 13.2 Å². The lowest BCUT2D eigenvalue weighted by Gasteiger charge is -2.09. The summed E-state index contributed by atoms with van der Waals surface area (Å²) in [6.45, 7) is 4.54. The van der Waals surface area contributed by atoms with Crippen molar-refractivity contribution >= 4 is 10.0 Å². The van der Waals surface area contributed by atoms with Gasteiger partial charge in [0.2, 0.25) is 10.0 Å². The summed E-state index contributed by atoms with van der Waals surface area (Å²) in [5.74, 6) is 0.00944. The highest BCUT2D eigenvalue weighted by molar-refractivity contribution is 7.88. The molecule has 0 aliphatic rings. The second kappa shape index (κ2) is 6.74. The smallest absolute Gasteiger partial charge is 0.215 e. The highest BCUT2D eigenvalue weighted by Gasteiger charge is 2.10. The summed E-state index contributed by atoms with van der Waals surface area (Å²) in [6, 6.07) is 9.10. The normalized spacial score (nSPS) is 11.9. The van der Waals surface area contributed by atoms with Gasteiger partial charge in [-0.05, 0) is 19.4 Å². The van der Waals surface area contributed by atoms with Gasteiger partial charge in [-0.15, -0.1) is 0 Å². The predicted molar refractivity (Wildman–Crippen MR) is 68.2 cm³/mol. The molecule has 0 saturated carbocycles. The number of benzene rings is 1. The van der Waals surface area contributed by atoms with Crippen LogP contribution in [0, 0.1) is 0 Å². The molecule has 0 saturated heterocycles. The van der Waals surface area contributed by atoms with Gasteiger partial charge in [0.15, 0.2) is 0 Å². The quantitative estimate of drug-likeness (QED) is 0.754. The first-order chi connectivity index (χ1) is 7.99. The van der Waals surface area contributed by atoms with E-state index in [0.717, 1.165) is 5.56 Å². The molecule has 0 aromatic heterocycles. The number of ether oxygens (including phenoxy) is 1. The van der Waals surface area contributed by atoms with Crippen LogP contribution in [0.25, 0.3) is 0 Å². The summed E-state index contributed by atoms with van der Waals surface area (Å²) in [4.78, 5) is 0. The summed E-state index contributed by atoms with van der Waals surface area (Å²) in [6.07, 6.45) is 0.119. The monoisotopic (exact) mass is 257 g/mol. The van der Waals surface area contributed by atoms with Gasteiger partial charge in [-0.1, -0.05) is 30.3 Å². The third-order valence-corrected chi connectivity index (χ3v) is 3.43. The topological polar surface area (TPSA) is 55.4 Å². The maximum absolute atomic E-state index is 11.7. The van der Waals surface area contributed by atoms with E-state index in [1.54, 1.807) is 12.1 Å². The molecule has 17 heavy (non-hydrogen) atoms. The van der Waals surface area contributed by atoms with Crippen LogP contribution in [0.4, 0.5) is 0 Å². The van der Waals surface area contributed by atoms with Crippen LogP contribution in [0.3, 0.4) is 0 Å². The van der Waals surface area contributed by atoms with Gasteiger partial charge in [-0.3, -0.25) is 0 Å². The van der Waals surface area contributed by atoms with Gasteiger partial charge >= 0.3 is 0 Å². The van der Waals surface area contributed by atoms with Crippen LogP contribution in [0.2, 0.25) is 0 Å². The van der Waals surface area contributed by atoms with E-state index >= 15 is 0 Å². The number of sulfonamides is 1. The number of rotatable bonds is 7. The lowest BCUT2D eigenvalue weighted by molar-refractivity contribution is 0.0834. The molecule has 1 rings (SSSR count). The summed E-state index contributed by atoms with van der Waals surface area (Å²) in [5, 5.41) is 0. The molecule has 0 amide bonds. The summed E-state index contributed by atoms with van der Waals surface area (Å²) < 4.78 is 31.1. The molecule has 0 fully saturated rings. The van der Waals surface area contributed by atoms with Crippen LogP contribution in [-0.4, -0.2) is 27.7 Å². The van der Waals surface area contributed by atoms with Crippen molar-refractivity contribution in [1.82, 2.24) is 4.72 Å². The molecular weight excluding hydrogens is 238 g/mol. The first-order valence-electron chi connectivity index (χ1n) is 5.62. The van der Waals surface area contributed by atoms with E-state index in [1.807, 2.05) is 32.0 Å². The lowest BCUT2D eigenvalue weighted by Crippen LogP contribution is -2.29. The van der Waals surface area contributed by atoms with Gasteiger partial charge < -0.3 is 4.74 Å². The SMILES string of the molecule is CC(C)OCCNS(=O)(=O)Cc1ccccc1. The third-order valence-electron chi connectivity index (χ3n) is 2.07. The molecule has 5 heteroatoms. The molecule has 96 valence electrons. The van der Waals surface area contributed by atoms with E-state index in [2.05, 4.69) is 4.72 Å². The van der Waals surface area contributed by atoms with Gasteiger partial charge in [-0.2, -0.15) is 0 Å².